The molecule has 0 aliphatic carbocycles. The number of aliphatic hydroxyl groups excluding tert-OH is 1. The highest BCUT2D eigenvalue weighted by Gasteiger charge is 2.15. The van der Waals surface area contributed by atoms with E-state index in [0.717, 1.165) is 18.8 Å². The summed E-state index contributed by atoms with van der Waals surface area (Å²) in [5, 5.41) is 12.5. The number of halogens is 1. The third-order valence-electron chi connectivity index (χ3n) is 4.08. The molecule has 1 heterocycles. The summed E-state index contributed by atoms with van der Waals surface area (Å²) in [6.07, 6.45) is 3.39. The number of rotatable bonds is 5. The van der Waals surface area contributed by atoms with E-state index < -0.39 is 6.10 Å². The summed E-state index contributed by atoms with van der Waals surface area (Å²) in [4.78, 5) is 2.33. The van der Waals surface area contributed by atoms with Gasteiger partial charge in [0.05, 0.1) is 0 Å². The van der Waals surface area contributed by atoms with Crippen LogP contribution in [0.5, 0.6) is 5.75 Å². The number of hydrogen-bond acceptors (Lipinski definition) is 3. The number of piperidine rings is 1. The van der Waals surface area contributed by atoms with Crippen molar-refractivity contribution >= 4 is 10.8 Å². The van der Waals surface area contributed by atoms with Crippen LogP contribution in [-0.2, 0) is 0 Å². The van der Waals surface area contributed by atoms with E-state index in [1.165, 1.54) is 30.0 Å². The number of β-amino-alcohol motifs (C(OH)–C–C–N with tert-alkyl or cyclic N) is 1. The summed E-state index contributed by atoms with van der Waals surface area (Å²) < 4.78 is 5.74. The highest BCUT2D eigenvalue weighted by atomic mass is 35.5. The molecule has 1 saturated heterocycles. The molecule has 1 aliphatic rings. The fourth-order valence-corrected chi connectivity index (χ4v) is 2.94. The number of aliphatic hydroxyl groups is 1. The molecule has 2 aromatic carbocycles. The fraction of sp³-hybridized carbons (Fsp3) is 0.444. The Morgan fingerprint density at radius 1 is 1.00 bits per heavy atom. The van der Waals surface area contributed by atoms with Crippen molar-refractivity contribution in [2.24, 2.45) is 0 Å². The Kier molecular flexibility index (Phi) is 6.49. The molecular weight excluding hydrogens is 298 g/mol. The molecular formula is C18H23ClNO2-. The Balaban J connectivity index is 0.00000176. The molecule has 4 heteroatoms. The predicted molar refractivity (Wildman–Crippen MR) is 85.7 cm³/mol. The van der Waals surface area contributed by atoms with Gasteiger partial charge in [0.2, 0.25) is 0 Å². The van der Waals surface area contributed by atoms with Crippen LogP contribution in [-0.4, -0.2) is 42.4 Å². The lowest BCUT2D eigenvalue weighted by molar-refractivity contribution is -0.00000658. The topological polar surface area (TPSA) is 32.7 Å². The molecule has 0 spiro atoms. The van der Waals surface area contributed by atoms with Crippen LogP contribution in [0.1, 0.15) is 19.3 Å². The van der Waals surface area contributed by atoms with E-state index in [1.54, 1.807) is 0 Å². The lowest BCUT2D eigenvalue weighted by Gasteiger charge is -2.28. The molecule has 1 aliphatic heterocycles. The highest BCUT2D eigenvalue weighted by molar-refractivity contribution is 5.83. The van der Waals surface area contributed by atoms with Crippen LogP contribution in [0.4, 0.5) is 0 Å². The van der Waals surface area contributed by atoms with Crippen LogP contribution in [0.15, 0.2) is 42.5 Å². The molecule has 120 valence electrons. The number of benzene rings is 2. The molecule has 0 aromatic heterocycles. The van der Waals surface area contributed by atoms with Gasteiger partial charge in [-0.2, -0.15) is 0 Å². The molecule has 0 saturated carbocycles. The predicted octanol–water partition coefficient (Wildman–Crippen LogP) is 0.0694. The van der Waals surface area contributed by atoms with Crippen LogP contribution in [0, 0.1) is 0 Å². The fourth-order valence-electron chi connectivity index (χ4n) is 2.94. The molecule has 22 heavy (non-hydrogen) atoms. The standard InChI is InChI=1S/C18H23NO2.ClH/c20-17(13-19-10-4-1-5-11-19)14-21-18-9-8-15-6-2-3-7-16(15)12-18;/h2-3,6-9,12,17,20H,1,4-5,10-11,13-14H2;1H/p-1. The second kappa shape index (κ2) is 8.37. The zero-order valence-corrected chi connectivity index (χ0v) is 13.5. The molecule has 0 radical (unpaired) electrons. The van der Waals surface area contributed by atoms with E-state index in [-0.39, 0.29) is 12.4 Å². The summed E-state index contributed by atoms with van der Waals surface area (Å²) in [6.45, 7) is 3.28. The smallest absolute Gasteiger partial charge is 0.120 e. The zero-order chi connectivity index (χ0) is 14.5. The van der Waals surface area contributed by atoms with Gasteiger partial charge in [-0.25, -0.2) is 0 Å². The minimum Gasteiger partial charge on any atom is -1.00 e. The Labute approximate surface area is 138 Å². The first-order valence-corrected chi connectivity index (χ1v) is 7.83. The van der Waals surface area contributed by atoms with Gasteiger partial charge in [-0.3, -0.25) is 0 Å². The summed E-state index contributed by atoms with van der Waals surface area (Å²) in [5.74, 6) is 0.825. The number of likely N-dealkylation sites (tertiary alicyclic amines) is 1. The number of hydrogen-bond donors (Lipinski definition) is 1. The van der Waals surface area contributed by atoms with Gasteiger partial charge in [-0.15, -0.1) is 0 Å². The maximum atomic E-state index is 10.1. The van der Waals surface area contributed by atoms with Gasteiger partial charge in [0, 0.05) is 6.54 Å². The zero-order valence-electron chi connectivity index (χ0n) is 12.7. The Morgan fingerprint density at radius 2 is 1.73 bits per heavy atom. The average Bonchev–Trinajstić information content (AvgIpc) is 2.54. The summed E-state index contributed by atoms with van der Waals surface area (Å²) >= 11 is 0. The van der Waals surface area contributed by atoms with E-state index in [0.29, 0.717) is 13.2 Å². The molecule has 1 N–H and O–H groups in total. The monoisotopic (exact) mass is 320 g/mol. The van der Waals surface area contributed by atoms with E-state index in [1.807, 2.05) is 24.3 Å². The highest BCUT2D eigenvalue weighted by Crippen LogP contribution is 2.20. The van der Waals surface area contributed by atoms with Crippen LogP contribution in [0.3, 0.4) is 0 Å². The molecule has 1 fully saturated rings. The first-order valence-electron chi connectivity index (χ1n) is 7.83. The van der Waals surface area contributed by atoms with Gasteiger partial charge in [0.15, 0.2) is 0 Å². The van der Waals surface area contributed by atoms with Crippen molar-refractivity contribution in [3.8, 4) is 5.75 Å². The summed E-state index contributed by atoms with van der Waals surface area (Å²) in [7, 11) is 0. The minimum atomic E-state index is -0.422. The van der Waals surface area contributed by atoms with Crippen molar-refractivity contribution in [3.63, 3.8) is 0 Å². The maximum Gasteiger partial charge on any atom is 0.120 e. The molecule has 0 bridgehead atoms. The van der Waals surface area contributed by atoms with Crippen molar-refractivity contribution in [1.82, 2.24) is 4.90 Å². The van der Waals surface area contributed by atoms with Crippen molar-refractivity contribution in [3.05, 3.63) is 42.5 Å². The van der Waals surface area contributed by atoms with Crippen molar-refractivity contribution in [1.29, 1.82) is 0 Å². The van der Waals surface area contributed by atoms with Gasteiger partial charge in [0.25, 0.3) is 0 Å². The van der Waals surface area contributed by atoms with E-state index in [4.69, 9.17) is 4.74 Å². The average molecular weight is 321 g/mol. The van der Waals surface area contributed by atoms with Gasteiger partial charge in [-0.1, -0.05) is 36.8 Å². The molecule has 0 amide bonds. The third-order valence-corrected chi connectivity index (χ3v) is 4.08. The van der Waals surface area contributed by atoms with Gasteiger partial charge in [-0.05, 0) is 48.8 Å². The Bertz CT molecular complexity index is 584. The Hall–Kier alpha value is -1.29. The van der Waals surface area contributed by atoms with Crippen LogP contribution >= 0.6 is 0 Å². The van der Waals surface area contributed by atoms with Crippen LogP contribution in [0.2, 0.25) is 0 Å². The van der Waals surface area contributed by atoms with Crippen molar-refractivity contribution < 1.29 is 22.3 Å². The van der Waals surface area contributed by atoms with Crippen molar-refractivity contribution in [2.45, 2.75) is 25.4 Å². The number of ether oxygens (including phenoxy) is 1. The second-order valence-corrected chi connectivity index (χ2v) is 5.84. The molecule has 3 rings (SSSR count). The minimum absolute atomic E-state index is 0. The first kappa shape index (κ1) is 17.1. The van der Waals surface area contributed by atoms with E-state index in [2.05, 4.69) is 23.1 Å². The lowest BCUT2D eigenvalue weighted by Crippen LogP contribution is -3.00. The normalized spacial score (nSPS) is 17.0. The molecule has 3 nitrogen and oxygen atoms in total. The summed E-state index contributed by atoms with van der Waals surface area (Å²) in [5.41, 5.74) is 0. The van der Waals surface area contributed by atoms with Crippen LogP contribution < -0.4 is 17.1 Å². The third kappa shape index (κ3) is 4.60. The number of nitrogens with zero attached hydrogens (tertiary/aromatic N) is 1. The van der Waals surface area contributed by atoms with Gasteiger partial charge >= 0.3 is 0 Å². The molecule has 2 aromatic rings. The van der Waals surface area contributed by atoms with Crippen molar-refractivity contribution in [2.75, 3.05) is 26.2 Å². The lowest BCUT2D eigenvalue weighted by atomic mass is 10.1. The van der Waals surface area contributed by atoms with Crippen LogP contribution in [0.25, 0.3) is 10.8 Å². The number of fused-ring (bicyclic) bond motifs is 1. The quantitative estimate of drug-likeness (QED) is 0.846. The maximum absolute atomic E-state index is 10.1. The largest absolute Gasteiger partial charge is 1.00 e. The second-order valence-electron chi connectivity index (χ2n) is 5.84. The first-order chi connectivity index (χ1) is 10.3. The summed E-state index contributed by atoms with van der Waals surface area (Å²) in [6, 6.07) is 14.3. The van der Waals surface area contributed by atoms with E-state index >= 15 is 0 Å². The Morgan fingerprint density at radius 3 is 2.50 bits per heavy atom. The van der Waals surface area contributed by atoms with Gasteiger partial charge < -0.3 is 27.2 Å². The molecule has 1 unspecified atom stereocenters. The van der Waals surface area contributed by atoms with Gasteiger partial charge in [0.1, 0.15) is 18.5 Å². The van der Waals surface area contributed by atoms with E-state index in [9.17, 15) is 5.11 Å². The molecule has 1 atom stereocenters. The SMILES string of the molecule is OC(COc1ccc2ccccc2c1)CN1CCCCC1.[Cl-].